The van der Waals surface area contributed by atoms with Gasteiger partial charge in [-0.05, 0) is 11.0 Å². The van der Waals surface area contributed by atoms with E-state index in [1.807, 2.05) is 7.11 Å². The Kier molecular flexibility index (Phi) is 3.61. The number of hydrogen-bond donors (Lipinski definition) is 0. The van der Waals surface area contributed by atoms with Gasteiger partial charge in [0.05, 0.1) is 18.8 Å². The number of benzene rings is 1. The molecule has 2 aliphatic heterocycles. The SMILES string of the molecule is CO[C@H]1C[C@H]2OC[C@H](c3ccccc3)N2[C@@H]1C(C)(C)C. The lowest BCUT2D eigenvalue weighted by Crippen LogP contribution is -2.47. The number of hydrogen-bond acceptors (Lipinski definition) is 3. The summed E-state index contributed by atoms with van der Waals surface area (Å²) in [4.78, 5) is 2.55. The molecule has 1 aromatic carbocycles. The maximum Gasteiger partial charge on any atom is 0.114 e. The van der Waals surface area contributed by atoms with Crippen molar-refractivity contribution in [3.8, 4) is 0 Å². The zero-order chi connectivity index (χ0) is 14.3. The van der Waals surface area contributed by atoms with Crippen molar-refractivity contribution in [3.63, 3.8) is 0 Å². The van der Waals surface area contributed by atoms with E-state index >= 15 is 0 Å². The summed E-state index contributed by atoms with van der Waals surface area (Å²) in [6, 6.07) is 11.4. The highest BCUT2D eigenvalue weighted by Gasteiger charge is 2.53. The molecule has 2 fully saturated rings. The number of ether oxygens (including phenoxy) is 2. The molecule has 0 N–H and O–H groups in total. The molecule has 110 valence electrons. The molecule has 0 saturated carbocycles. The van der Waals surface area contributed by atoms with Crippen molar-refractivity contribution in [1.29, 1.82) is 0 Å². The highest BCUT2D eigenvalue weighted by molar-refractivity contribution is 5.22. The van der Waals surface area contributed by atoms with Crippen molar-refractivity contribution in [1.82, 2.24) is 4.90 Å². The van der Waals surface area contributed by atoms with E-state index in [2.05, 4.69) is 56.0 Å². The molecule has 0 aliphatic carbocycles. The summed E-state index contributed by atoms with van der Waals surface area (Å²) in [5.41, 5.74) is 1.52. The van der Waals surface area contributed by atoms with E-state index in [0.717, 1.165) is 13.0 Å². The molecule has 0 amide bonds. The monoisotopic (exact) mass is 275 g/mol. The fourth-order valence-corrected chi connectivity index (χ4v) is 3.83. The first-order valence-electron chi connectivity index (χ1n) is 7.49. The maximum absolute atomic E-state index is 6.05. The summed E-state index contributed by atoms with van der Waals surface area (Å²) in [6.45, 7) is 7.68. The number of fused-ring (bicyclic) bond motifs is 1. The van der Waals surface area contributed by atoms with E-state index in [-0.39, 0.29) is 17.7 Å². The Morgan fingerprint density at radius 3 is 2.50 bits per heavy atom. The number of methoxy groups -OCH3 is 1. The fourth-order valence-electron chi connectivity index (χ4n) is 3.83. The van der Waals surface area contributed by atoms with Crippen LogP contribution in [-0.4, -0.2) is 37.0 Å². The predicted octanol–water partition coefficient (Wildman–Crippen LogP) is 3.22. The molecular formula is C17H25NO2. The van der Waals surface area contributed by atoms with Crippen molar-refractivity contribution in [3.05, 3.63) is 35.9 Å². The first-order valence-corrected chi connectivity index (χ1v) is 7.49. The van der Waals surface area contributed by atoms with Crippen molar-refractivity contribution in [2.75, 3.05) is 13.7 Å². The molecule has 3 heteroatoms. The molecule has 2 aliphatic rings. The van der Waals surface area contributed by atoms with Gasteiger partial charge in [0.2, 0.25) is 0 Å². The predicted molar refractivity (Wildman–Crippen MR) is 79.4 cm³/mol. The van der Waals surface area contributed by atoms with Crippen molar-refractivity contribution < 1.29 is 9.47 Å². The second kappa shape index (κ2) is 5.14. The van der Waals surface area contributed by atoms with Crippen LogP contribution in [0.2, 0.25) is 0 Å². The quantitative estimate of drug-likeness (QED) is 0.827. The topological polar surface area (TPSA) is 21.7 Å². The Morgan fingerprint density at radius 2 is 1.90 bits per heavy atom. The third-order valence-electron chi connectivity index (χ3n) is 4.62. The van der Waals surface area contributed by atoms with Crippen LogP contribution in [0.3, 0.4) is 0 Å². The standard InChI is InChI=1S/C17H25NO2/c1-17(2,3)16-14(19-4)10-15-18(16)13(11-20-15)12-8-6-5-7-9-12/h5-9,13-16H,10-11H2,1-4H3/t13-,14+,15-,16+/m1/s1. The summed E-state index contributed by atoms with van der Waals surface area (Å²) in [5.74, 6) is 0. The molecule has 4 atom stereocenters. The largest absolute Gasteiger partial charge is 0.380 e. The zero-order valence-electron chi connectivity index (χ0n) is 12.9. The molecule has 0 bridgehead atoms. The van der Waals surface area contributed by atoms with E-state index in [4.69, 9.17) is 9.47 Å². The summed E-state index contributed by atoms with van der Waals surface area (Å²) in [5, 5.41) is 0. The Hall–Kier alpha value is -0.900. The normalized spacial score (nSPS) is 34.4. The van der Waals surface area contributed by atoms with Gasteiger partial charge in [0.1, 0.15) is 6.23 Å². The summed E-state index contributed by atoms with van der Waals surface area (Å²) < 4.78 is 11.8. The second-order valence-corrected chi connectivity index (χ2v) is 6.98. The minimum absolute atomic E-state index is 0.177. The van der Waals surface area contributed by atoms with Crippen LogP contribution in [0.4, 0.5) is 0 Å². The first kappa shape index (κ1) is 14.1. The van der Waals surface area contributed by atoms with Gasteiger partial charge in [-0.3, -0.25) is 4.90 Å². The minimum atomic E-state index is 0.177. The van der Waals surface area contributed by atoms with E-state index in [1.165, 1.54) is 5.56 Å². The second-order valence-electron chi connectivity index (χ2n) is 6.98. The van der Waals surface area contributed by atoms with Gasteiger partial charge in [0.15, 0.2) is 0 Å². The minimum Gasteiger partial charge on any atom is -0.380 e. The van der Waals surface area contributed by atoms with Crippen LogP contribution in [0.1, 0.15) is 38.8 Å². The van der Waals surface area contributed by atoms with Gasteiger partial charge in [0, 0.05) is 19.6 Å². The van der Waals surface area contributed by atoms with Gasteiger partial charge in [-0.1, -0.05) is 51.1 Å². The molecule has 0 aromatic heterocycles. The Balaban J connectivity index is 1.93. The Labute approximate surface area is 121 Å². The van der Waals surface area contributed by atoms with Gasteiger partial charge in [-0.15, -0.1) is 0 Å². The summed E-state index contributed by atoms with van der Waals surface area (Å²) in [6.07, 6.45) is 1.43. The molecule has 2 heterocycles. The lowest BCUT2D eigenvalue weighted by Gasteiger charge is -2.39. The average Bonchev–Trinajstić information content (AvgIpc) is 2.96. The first-order chi connectivity index (χ1) is 9.52. The van der Waals surface area contributed by atoms with Crippen LogP contribution in [0.5, 0.6) is 0 Å². The molecule has 2 saturated heterocycles. The van der Waals surface area contributed by atoms with Crippen LogP contribution in [0.25, 0.3) is 0 Å². The Morgan fingerprint density at radius 1 is 1.20 bits per heavy atom. The van der Waals surface area contributed by atoms with E-state index in [0.29, 0.717) is 12.1 Å². The zero-order valence-corrected chi connectivity index (χ0v) is 12.9. The smallest absolute Gasteiger partial charge is 0.114 e. The van der Waals surface area contributed by atoms with Gasteiger partial charge < -0.3 is 9.47 Å². The van der Waals surface area contributed by atoms with Crippen LogP contribution >= 0.6 is 0 Å². The van der Waals surface area contributed by atoms with E-state index in [1.54, 1.807) is 0 Å². The molecule has 3 rings (SSSR count). The molecule has 0 unspecified atom stereocenters. The summed E-state index contributed by atoms with van der Waals surface area (Å²) >= 11 is 0. The van der Waals surface area contributed by atoms with Crippen molar-refractivity contribution in [2.45, 2.75) is 51.6 Å². The highest BCUT2D eigenvalue weighted by Crippen LogP contribution is 2.46. The lowest BCUT2D eigenvalue weighted by molar-refractivity contribution is -0.00175. The molecule has 1 aromatic rings. The van der Waals surface area contributed by atoms with Crippen molar-refractivity contribution >= 4 is 0 Å². The van der Waals surface area contributed by atoms with Crippen LogP contribution < -0.4 is 0 Å². The van der Waals surface area contributed by atoms with Crippen LogP contribution in [0.15, 0.2) is 30.3 Å². The third-order valence-corrected chi connectivity index (χ3v) is 4.62. The number of nitrogens with zero attached hydrogens (tertiary/aromatic N) is 1. The van der Waals surface area contributed by atoms with Gasteiger partial charge in [0.25, 0.3) is 0 Å². The van der Waals surface area contributed by atoms with Gasteiger partial charge in [-0.25, -0.2) is 0 Å². The van der Waals surface area contributed by atoms with E-state index in [9.17, 15) is 0 Å². The Bertz CT molecular complexity index is 454. The molecule has 0 radical (unpaired) electrons. The molecule has 0 spiro atoms. The maximum atomic E-state index is 6.05. The van der Waals surface area contributed by atoms with Crippen LogP contribution in [0, 0.1) is 5.41 Å². The van der Waals surface area contributed by atoms with Gasteiger partial charge in [-0.2, -0.15) is 0 Å². The van der Waals surface area contributed by atoms with Crippen LogP contribution in [-0.2, 0) is 9.47 Å². The molecule has 20 heavy (non-hydrogen) atoms. The van der Waals surface area contributed by atoms with E-state index < -0.39 is 0 Å². The molecular weight excluding hydrogens is 250 g/mol. The lowest BCUT2D eigenvalue weighted by atomic mass is 9.83. The van der Waals surface area contributed by atoms with Gasteiger partial charge >= 0.3 is 0 Å². The fraction of sp³-hybridized carbons (Fsp3) is 0.647. The van der Waals surface area contributed by atoms with Crippen molar-refractivity contribution in [2.24, 2.45) is 5.41 Å². The third kappa shape index (κ3) is 2.28. The summed E-state index contributed by atoms with van der Waals surface area (Å²) in [7, 11) is 1.82. The molecule has 3 nitrogen and oxygen atoms in total. The highest BCUT2D eigenvalue weighted by atomic mass is 16.5. The number of rotatable bonds is 2. The average molecular weight is 275 g/mol.